The first kappa shape index (κ1) is 10.9. The number of nitrogens with two attached hydrogens (primary N) is 1. The van der Waals surface area contributed by atoms with E-state index in [0.717, 1.165) is 19.6 Å². The molecule has 1 aromatic rings. The Kier molecular flexibility index (Phi) is 3.23. The van der Waals surface area contributed by atoms with Gasteiger partial charge in [0.2, 0.25) is 0 Å². The number of anilines is 1. The van der Waals surface area contributed by atoms with Crippen molar-refractivity contribution in [3.63, 3.8) is 0 Å². The summed E-state index contributed by atoms with van der Waals surface area (Å²) >= 11 is 1.57. The first-order chi connectivity index (χ1) is 7.13. The summed E-state index contributed by atoms with van der Waals surface area (Å²) in [5.74, 6) is 0. The number of hydrogen-bond donors (Lipinski definition) is 1. The largest absolute Gasteiger partial charge is 0.375 e. The van der Waals surface area contributed by atoms with Crippen molar-refractivity contribution >= 4 is 16.5 Å². The molecule has 2 rings (SSSR count). The number of rotatable bonds is 2. The van der Waals surface area contributed by atoms with Gasteiger partial charge in [-0.15, -0.1) is 11.3 Å². The minimum Gasteiger partial charge on any atom is -0.375 e. The van der Waals surface area contributed by atoms with Crippen LogP contribution < -0.4 is 5.73 Å². The van der Waals surface area contributed by atoms with Crippen molar-refractivity contribution in [3.05, 3.63) is 11.1 Å². The van der Waals surface area contributed by atoms with Crippen LogP contribution in [0, 0.1) is 0 Å². The quantitative estimate of drug-likeness (QED) is 0.828. The van der Waals surface area contributed by atoms with Gasteiger partial charge in [-0.05, 0) is 13.8 Å². The highest BCUT2D eigenvalue weighted by molar-refractivity contribution is 7.15. The van der Waals surface area contributed by atoms with Gasteiger partial charge in [-0.2, -0.15) is 0 Å². The molecule has 2 atom stereocenters. The van der Waals surface area contributed by atoms with Crippen molar-refractivity contribution < 1.29 is 4.74 Å². The summed E-state index contributed by atoms with van der Waals surface area (Å²) < 4.78 is 5.68. The molecule has 0 saturated carbocycles. The number of thiazole rings is 1. The summed E-state index contributed by atoms with van der Waals surface area (Å²) in [6.45, 7) is 7.14. The minimum absolute atomic E-state index is 0.319. The molecular formula is C10H17N3OS. The molecule has 1 saturated heterocycles. The van der Waals surface area contributed by atoms with Crippen LogP contribution in [0.2, 0.25) is 0 Å². The maximum Gasteiger partial charge on any atom is 0.180 e. The molecule has 15 heavy (non-hydrogen) atoms. The van der Waals surface area contributed by atoms with E-state index in [1.807, 2.05) is 6.20 Å². The van der Waals surface area contributed by atoms with Crippen molar-refractivity contribution in [3.8, 4) is 0 Å². The van der Waals surface area contributed by atoms with E-state index in [-0.39, 0.29) is 0 Å². The van der Waals surface area contributed by atoms with E-state index in [9.17, 15) is 0 Å². The molecule has 0 unspecified atom stereocenters. The lowest BCUT2D eigenvalue weighted by Crippen LogP contribution is -2.44. The third-order valence-corrected chi connectivity index (χ3v) is 3.26. The van der Waals surface area contributed by atoms with Gasteiger partial charge in [-0.25, -0.2) is 4.98 Å². The fourth-order valence-corrected chi connectivity index (χ4v) is 2.76. The van der Waals surface area contributed by atoms with Crippen molar-refractivity contribution in [1.29, 1.82) is 0 Å². The van der Waals surface area contributed by atoms with Crippen LogP contribution >= 0.6 is 11.3 Å². The molecule has 0 aliphatic carbocycles. The predicted molar refractivity (Wildman–Crippen MR) is 61.8 cm³/mol. The molecule has 0 bridgehead atoms. The van der Waals surface area contributed by atoms with E-state index in [0.29, 0.717) is 17.3 Å². The Hall–Kier alpha value is -0.650. The highest BCUT2D eigenvalue weighted by Gasteiger charge is 2.22. The molecule has 4 nitrogen and oxygen atoms in total. The van der Waals surface area contributed by atoms with Gasteiger partial charge in [0, 0.05) is 30.7 Å². The van der Waals surface area contributed by atoms with Gasteiger partial charge >= 0.3 is 0 Å². The van der Waals surface area contributed by atoms with Gasteiger partial charge in [0.1, 0.15) is 0 Å². The van der Waals surface area contributed by atoms with E-state index in [4.69, 9.17) is 10.5 Å². The van der Waals surface area contributed by atoms with Crippen LogP contribution in [-0.4, -0.2) is 35.2 Å². The van der Waals surface area contributed by atoms with Crippen molar-refractivity contribution in [2.24, 2.45) is 0 Å². The van der Waals surface area contributed by atoms with Crippen molar-refractivity contribution in [2.75, 3.05) is 18.8 Å². The van der Waals surface area contributed by atoms with Crippen LogP contribution in [0.15, 0.2) is 6.20 Å². The zero-order valence-electron chi connectivity index (χ0n) is 9.14. The predicted octanol–water partition coefficient (Wildman–Crippen LogP) is 1.33. The van der Waals surface area contributed by atoms with Crippen molar-refractivity contribution in [1.82, 2.24) is 9.88 Å². The van der Waals surface area contributed by atoms with Crippen LogP contribution in [0.3, 0.4) is 0 Å². The number of morpholine rings is 1. The van der Waals surface area contributed by atoms with Gasteiger partial charge in [-0.1, -0.05) is 0 Å². The van der Waals surface area contributed by atoms with Crippen LogP contribution in [0.25, 0.3) is 0 Å². The minimum atomic E-state index is 0.319. The van der Waals surface area contributed by atoms with E-state index in [1.165, 1.54) is 4.88 Å². The molecule has 0 spiro atoms. The summed E-state index contributed by atoms with van der Waals surface area (Å²) in [6, 6.07) is 0. The van der Waals surface area contributed by atoms with Gasteiger partial charge in [0.15, 0.2) is 5.13 Å². The Morgan fingerprint density at radius 2 is 2.20 bits per heavy atom. The van der Waals surface area contributed by atoms with Gasteiger partial charge < -0.3 is 10.5 Å². The monoisotopic (exact) mass is 227 g/mol. The summed E-state index contributed by atoms with van der Waals surface area (Å²) in [5, 5.41) is 0.652. The molecule has 84 valence electrons. The van der Waals surface area contributed by atoms with Gasteiger partial charge in [0.05, 0.1) is 12.2 Å². The Labute approximate surface area is 94.1 Å². The zero-order valence-corrected chi connectivity index (χ0v) is 9.96. The lowest BCUT2D eigenvalue weighted by atomic mass is 10.2. The molecule has 2 N–H and O–H groups in total. The maximum atomic E-state index is 5.68. The Morgan fingerprint density at radius 1 is 1.53 bits per heavy atom. The lowest BCUT2D eigenvalue weighted by Gasteiger charge is -2.34. The average Bonchev–Trinajstić information content (AvgIpc) is 2.49. The number of hydrogen-bond acceptors (Lipinski definition) is 5. The smallest absolute Gasteiger partial charge is 0.180 e. The zero-order chi connectivity index (χ0) is 10.8. The Bertz CT molecular complexity index is 318. The second kappa shape index (κ2) is 4.47. The first-order valence-electron chi connectivity index (χ1n) is 5.21. The molecule has 5 heteroatoms. The third kappa shape index (κ3) is 2.90. The Morgan fingerprint density at radius 3 is 2.73 bits per heavy atom. The number of nitrogen functional groups attached to an aromatic ring is 1. The molecule has 2 heterocycles. The molecule has 1 aliphatic rings. The third-order valence-electron chi connectivity index (χ3n) is 2.45. The first-order valence-corrected chi connectivity index (χ1v) is 6.03. The molecule has 1 fully saturated rings. The van der Waals surface area contributed by atoms with Crippen LogP contribution in [0.5, 0.6) is 0 Å². The standard InChI is InChI=1S/C10H17N3OS/c1-7-4-13(5-8(2)14-7)6-9-3-12-10(11)15-9/h3,7-8H,4-6H2,1-2H3,(H2,11,12)/t7-,8+. The lowest BCUT2D eigenvalue weighted by molar-refractivity contribution is -0.0702. The highest BCUT2D eigenvalue weighted by Crippen LogP contribution is 2.19. The molecule has 1 aromatic heterocycles. The van der Waals surface area contributed by atoms with Crippen molar-refractivity contribution in [2.45, 2.75) is 32.6 Å². The summed E-state index contributed by atoms with van der Waals surface area (Å²) in [4.78, 5) is 7.68. The fourth-order valence-electron chi connectivity index (χ4n) is 2.03. The Balaban J connectivity index is 1.94. The SMILES string of the molecule is C[C@@H]1CN(Cc2cnc(N)s2)C[C@H](C)O1. The molecule has 1 aliphatic heterocycles. The second-order valence-electron chi connectivity index (χ2n) is 4.12. The van der Waals surface area contributed by atoms with E-state index in [2.05, 4.69) is 23.7 Å². The molecule has 0 aromatic carbocycles. The van der Waals surface area contributed by atoms with Crippen LogP contribution in [-0.2, 0) is 11.3 Å². The van der Waals surface area contributed by atoms with E-state index in [1.54, 1.807) is 11.3 Å². The normalized spacial score (nSPS) is 28.1. The molecule has 0 radical (unpaired) electrons. The second-order valence-corrected chi connectivity index (χ2v) is 5.26. The van der Waals surface area contributed by atoms with Gasteiger partial charge in [0.25, 0.3) is 0 Å². The summed E-state index contributed by atoms with van der Waals surface area (Å²) in [7, 11) is 0. The fraction of sp³-hybridized carbons (Fsp3) is 0.700. The average molecular weight is 227 g/mol. The molecule has 0 amide bonds. The molecular weight excluding hydrogens is 210 g/mol. The summed E-state index contributed by atoms with van der Waals surface area (Å²) in [5.41, 5.74) is 5.60. The maximum absolute atomic E-state index is 5.68. The summed E-state index contributed by atoms with van der Waals surface area (Å²) in [6.07, 6.45) is 2.50. The van der Waals surface area contributed by atoms with Crippen LogP contribution in [0.1, 0.15) is 18.7 Å². The van der Waals surface area contributed by atoms with E-state index < -0.39 is 0 Å². The number of nitrogens with zero attached hydrogens (tertiary/aromatic N) is 2. The van der Waals surface area contributed by atoms with Gasteiger partial charge in [-0.3, -0.25) is 4.90 Å². The highest BCUT2D eigenvalue weighted by atomic mass is 32.1. The number of aromatic nitrogens is 1. The topological polar surface area (TPSA) is 51.4 Å². The van der Waals surface area contributed by atoms with Crippen LogP contribution in [0.4, 0.5) is 5.13 Å². The van der Waals surface area contributed by atoms with E-state index >= 15 is 0 Å². The number of ether oxygens (including phenoxy) is 1.